The van der Waals surface area contributed by atoms with Crippen LogP contribution in [-0.4, -0.2) is 11.9 Å². The van der Waals surface area contributed by atoms with E-state index in [1.54, 1.807) is 12.1 Å². The first-order valence-electron chi connectivity index (χ1n) is 8.91. The van der Waals surface area contributed by atoms with Gasteiger partial charge < -0.3 is 14.2 Å². The van der Waals surface area contributed by atoms with Gasteiger partial charge in [0.25, 0.3) is 0 Å². The van der Waals surface area contributed by atoms with E-state index in [0.717, 1.165) is 0 Å². The molecule has 0 N–H and O–H groups in total. The highest BCUT2D eigenvalue weighted by molar-refractivity contribution is 6.00. The maximum Gasteiger partial charge on any atom is 0.338 e. The van der Waals surface area contributed by atoms with Crippen LogP contribution < -0.4 is 14.2 Å². The van der Waals surface area contributed by atoms with E-state index >= 15 is 0 Å². The van der Waals surface area contributed by atoms with Crippen LogP contribution in [0, 0.1) is 0 Å². The Morgan fingerprint density at radius 2 is 1.28 bits per heavy atom. The van der Waals surface area contributed by atoms with Gasteiger partial charge in [-0.3, -0.25) is 0 Å². The fourth-order valence-electron chi connectivity index (χ4n) is 2.54. The average Bonchev–Trinajstić information content (AvgIpc) is 2.71. The zero-order chi connectivity index (χ0) is 21.0. The summed E-state index contributed by atoms with van der Waals surface area (Å²) in [7, 11) is 0. The predicted octanol–water partition coefficient (Wildman–Crippen LogP) is 5.60. The molecule has 0 heterocycles. The highest BCUT2D eigenvalue weighted by Crippen LogP contribution is 2.43. The quantitative estimate of drug-likeness (QED) is 0.313. The number of rotatable bonds is 6. The molecule has 0 fully saturated rings. The Balaban J connectivity index is 2.19. The molecular formula is C24H20O5. The summed E-state index contributed by atoms with van der Waals surface area (Å²) in [5.74, 6) is -0.0353. The molecule has 0 bridgehead atoms. The predicted molar refractivity (Wildman–Crippen MR) is 111 cm³/mol. The smallest absolute Gasteiger partial charge is 0.338 e. The largest absolute Gasteiger partial charge is 0.457 e. The fraction of sp³-hybridized carbons (Fsp3) is 0.0833. The van der Waals surface area contributed by atoms with Crippen LogP contribution in [0.2, 0.25) is 0 Å². The lowest BCUT2D eigenvalue weighted by molar-refractivity contribution is -0.132. The minimum atomic E-state index is -0.640. The summed E-state index contributed by atoms with van der Waals surface area (Å²) >= 11 is 0. The summed E-state index contributed by atoms with van der Waals surface area (Å²) in [5.41, 5.74) is 0.428. The van der Waals surface area contributed by atoms with Gasteiger partial charge in [-0.05, 0) is 26.0 Å². The van der Waals surface area contributed by atoms with E-state index in [-0.39, 0.29) is 22.6 Å². The monoisotopic (exact) mass is 388 g/mol. The number of hydrogen-bond acceptors (Lipinski definition) is 5. The van der Waals surface area contributed by atoms with Crippen LogP contribution in [0.5, 0.6) is 23.0 Å². The minimum Gasteiger partial charge on any atom is -0.457 e. The molecule has 0 spiro atoms. The maximum absolute atomic E-state index is 12.2. The van der Waals surface area contributed by atoms with E-state index < -0.39 is 11.9 Å². The van der Waals surface area contributed by atoms with Gasteiger partial charge in [-0.1, -0.05) is 55.6 Å². The lowest BCUT2D eigenvalue weighted by Gasteiger charge is -2.16. The number of ether oxygens (including phenoxy) is 3. The van der Waals surface area contributed by atoms with Gasteiger partial charge in [0.1, 0.15) is 11.5 Å². The number of benzene rings is 3. The molecule has 0 aromatic heterocycles. The summed E-state index contributed by atoms with van der Waals surface area (Å²) in [4.78, 5) is 24.4. The van der Waals surface area contributed by atoms with Crippen LogP contribution in [0.4, 0.5) is 0 Å². The zero-order valence-electron chi connectivity index (χ0n) is 16.2. The number of carbonyl (C=O) groups excluding carboxylic acids is 2. The molecule has 0 aliphatic carbocycles. The van der Waals surface area contributed by atoms with E-state index in [9.17, 15) is 9.59 Å². The van der Waals surface area contributed by atoms with Crippen molar-refractivity contribution in [2.24, 2.45) is 0 Å². The lowest BCUT2D eigenvalue weighted by atomic mass is 10.1. The number of carbonyl (C=O) groups is 2. The molecule has 3 rings (SSSR count). The second-order valence-corrected chi connectivity index (χ2v) is 6.50. The molecular weight excluding hydrogens is 368 g/mol. The van der Waals surface area contributed by atoms with Crippen molar-refractivity contribution in [3.63, 3.8) is 0 Å². The van der Waals surface area contributed by atoms with Gasteiger partial charge >= 0.3 is 11.9 Å². The molecule has 146 valence electrons. The lowest BCUT2D eigenvalue weighted by Crippen LogP contribution is -2.13. The minimum absolute atomic E-state index is 0.0530. The zero-order valence-corrected chi connectivity index (χ0v) is 16.2. The molecule has 0 unspecified atom stereocenters. The van der Waals surface area contributed by atoms with Gasteiger partial charge in [0.2, 0.25) is 0 Å². The Kier molecular flexibility index (Phi) is 5.79. The number of hydrogen-bond donors (Lipinski definition) is 0. The molecule has 3 aromatic carbocycles. The van der Waals surface area contributed by atoms with Crippen molar-refractivity contribution in [1.29, 1.82) is 0 Å². The molecule has 0 aliphatic heterocycles. The van der Waals surface area contributed by atoms with E-state index in [0.29, 0.717) is 22.3 Å². The Morgan fingerprint density at radius 3 is 1.90 bits per heavy atom. The SMILES string of the molecule is C=C(C)C(=O)Oc1cc(Oc2ccccc2)c2ccccc2c1OC(=O)C(=C)C. The van der Waals surface area contributed by atoms with Crippen LogP contribution >= 0.6 is 0 Å². The van der Waals surface area contributed by atoms with E-state index in [4.69, 9.17) is 14.2 Å². The van der Waals surface area contributed by atoms with E-state index in [2.05, 4.69) is 13.2 Å². The molecule has 0 saturated heterocycles. The molecule has 5 heteroatoms. The van der Waals surface area contributed by atoms with Gasteiger partial charge in [0, 0.05) is 28.0 Å². The highest BCUT2D eigenvalue weighted by Gasteiger charge is 2.21. The van der Waals surface area contributed by atoms with Crippen LogP contribution in [0.25, 0.3) is 10.8 Å². The summed E-state index contributed by atoms with van der Waals surface area (Å²) in [6.45, 7) is 10.3. The van der Waals surface area contributed by atoms with Gasteiger partial charge in [0.15, 0.2) is 11.5 Å². The van der Waals surface area contributed by atoms with Crippen molar-refractivity contribution in [3.05, 3.63) is 85.0 Å². The Bertz CT molecular complexity index is 1110. The third kappa shape index (κ3) is 4.52. The van der Waals surface area contributed by atoms with Crippen molar-refractivity contribution in [3.8, 4) is 23.0 Å². The maximum atomic E-state index is 12.2. The van der Waals surface area contributed by atoms with Crippen molar-refractivity contribution >= 4 is 22.7 Å². The van der Waals surface area contributed by atoms with Crippen molar-refractivity contribution in [1.82, 2.24) is 0 Å². The third-order valence-corrected chi connectivity index (χ3v) is 3.99. The van der Waals surface area contributed by atoms with Gasteiger partial charge in [0.05, 0.1) is 0 Å². The van der Waals surface area contributed by atoms with Crippen molar-refractivity contribution < 1.29 is 23.8 Å². The molecule has 0 amide bonds. The van der Waals surface area contributed by atoms with Gasteiger partial charge in [-0.2, -0.15) is 0 Å². The molecule has 29 heavy (non-hydrogen) atoms. The number of esters is 2. The van der Waals surface area contributed by atoms with Gasteiger partial charge in [-0.25, -0.2) is 9.59 Å². The number of fused-ring (bicyclic) bond motifs is 1. The van der Waals surface area contributed by atoms with E-state index in [1.165, 1.54) is 19.9 Å². The summed E-state index contributed by atoms with van der Waals surface area (Å²) in [6, 6.07) is 17.9. The first kappa shape index (κ1) is 19.9. The van der Waals surface area contributed by atoms with Crippen molar-refractivity contribution in [2.45, 2.75) is 13.8 Å². The standard InChI is InChI=1S/C24H20O5/c1-15(2)23(25)28-21-14-20(27-17-10-6-5-7-11-17)18-12-8-9-13-19(18)22(21)29-24(26)16(3)4/h5-14H,1,3H2,2,4H3. The third-order valence-electron chi connectivity index (χ3n) is 3.99. The molecule has 0 aliphatic rings. The van der Waals surface area contributed by atoms with Crippen LogP contribution in [0.3, 0.4) is 0 Å². The molecule has 0 atom stereocenters. The summed E-state index contributed by atoms with van der Waals surface area (Å²) in [6.07, 6.45) is 0. The van der Waals surface area contributed by atoms with Gasteiger partial charge in [-0.15, -0.1) is 0 Å². The van der Waals surface area contributed by atoms with Crippen molar-refractivity contribution in [2.75, 3.05) is 0 Å². The number of para-hydroxylation sites is 1. The van der Waals surface area contributed by atoms with E-state index in [1.807, 2.05) is 42.5 Å². The Morgan fingerprint density at radius 1 is 0.724 bits per heavy atom. The average molecular weight is 388 g/mol. The van der Waals surface area contributed by atoms with Crippen LogP contribution in [0.15, 0.2) is 85.0 Å². The van der Waals surface area contributed by atoms with Crippen LogP contribution in [-0.2, 0) is 9.59 Å². The first-order chi connectivity index (χ1) is 13.9. The Hall–Kier alpha value is -3.86. The van der Waals surface area contributed by atoms with Crippen LogP contribution in [0.1, 0.15) is 13.8 Å². The Labute approximate surface area is 168 Å². The summed E-state index contributed by atoms with van der Waals surface area (Å²) < 4.78 is 17.0. The molecule has 0 saturated carbocycles. The molecule has 3 aromatic rings. The summed E-state index contributed by atoms with van der Waals surface area (Å²) in [5, 5.41) is 1.25. The molecule has 5 nitrogen and oxygen atoms in total. The highest BCUT2D eigenvalue weighted by atomic mass is 16.6. The second-order valence-electron chi connectivity index (χ2n) is 6.50. The topological polar surface area (TPSA) is 61.8 Å². The molecule has 0 radical (unpaired) electrons. The normalized spacial score (nSPS) is 10.3. The first-order valence-corrected chi connectivity index (χ1v) is 8.91. The second kappa shape index (κ2) is 8.44. The fourth-order valence-corrected chi connectivity index (χ4v) is 2.54.